The number of carbonyl (C=O) groups is 1. The number of carboxylic acids is 1. The number of nitrogens with one attached hydrogen (secondary N) is 1. The Hall–Kier alpha value is -2.02. The predicted molar refractivity (Wildman–Crippen MR) is 58.9 cm³/mol. The molecule has 1 aliphatic carbocycles. The number of carboxylic acid groups (broad SMARTS) is 1. The van der Waals surface area contributed by atoms with Gasteiger partial charge in [0.2, 0.25) is 0 Å². The molecule has 0 aromatic heterocycles. The zero-order chi connectivity index (χ0) is 11.5. The summed E-state index contributed by atoms with van der Waals surface area (Å²) in [6.45, 7) is 0. The molecule has 0 spiro atoms. The molecule has 82 valence electrons. The number of aliphatic carboxylic acids is 1. The van der Waals surface area contributed by atoms with Crippen LogP contribution in [-0.2, 0) is 4.79 Å². The van der Waals surface area contributed by atoms with Gasteiger partial charge in [0.15, 0.2) is 0 Å². The van der Waals surface area contributed by atoms with Gasteiger partial charge < -0.3 is 10.4 Å². The summed E-state index contributed by atoms with van der Waals surface area (Å²) < 4.78 is 0. The van der Waals surface area contributed by atoms with Crippen LogP contribution in [0.3, 0.4) is 0 Å². The normalized spacial score (nSPS) is 22.9. The third-order valence-electron chi connectivity index (χ3n) is 2.98. The first-order valence-corrected chi connectivity index (χ1v) is 5.21. The molecule has 2 N–H and O–H groups in total. The van der Waals surface area contributed by atoms with Crippen LogP contribution >= 0.6 is 0 Å². The molecule has 2 rings (SSSR count). The molecule has 0 saturated heterocycles. The van der Waals surface area contributed by atoms with Gasteiger partial charge in [-0.2, -0.15) is 5.26 Å². The van der Waals surface area contributed by atoms with E-state index < -0.39 is 5.97 Å². The van der Waals surface area contributed by atoms with E-state index in [1.807, 2.05) is 6.07 Å². The Morgan fingerprint density at radius 1 is 1.44 bits per heavy atom. The van der Waals surface area contributed by atoms with E-state index in [0.29, 0.717) is 12.0 Å². The fourth-order valence-corrected chi connectivity index (χ4v) is 1.87. The summed E-state index contributed by atoms with van der Waals surface area (Å²) in [6.07, 6.45) is 1.55. The molecule has 1 aromatic rings. The highest BCUT2D eigenvalue weighted by Gasteiger charge is 2.36. The molecule has 4 heteroatoms. The van der Waals surface area contributed by atoms with Gasteiger partial charge in [-0.1, -0.05) is 12.1 Å². The van der Waals surface area contributed by atoms with E-state index in [2.05, 4.69) is 11.4 Å². The summed E-state index contributed by atoms with van der Waals surface area (Å²) in [4.78, 5) is 10.8. The Labute approximate surface area is 93.5 Å². The Balaban J connectivity index is 2.10. The van der Waals surface area contributed by atoms with Gasteiger partial charge in [-0.25, -0.2) is 0 Å². The zero-order valence-electron chi connectivity index (χ0n) is 8.68. The summed E-state index contributed by atoms with van der Waals surface area (Å²) in [5, 5.41) is 20.9. The second-order valence-corrected chi connectivity index (χ2v) is 3.93. The van der Waals surface area contributed by atoms with Crippen LogP contribution in [0.5, 0.6) is 0 Å². The number of benzene rings is 1. The minimum atomic E-state index is -0.766. The fraction of sp³-hybridized carbons (Fsp3) is 0.333. The highest BCUT2D eigenvalue weighted by molar-refractivity contribution is 5.73. The SMILES string of the molecule is N#Cc1ccccc1NC1CCC1C(=O)O. The summed E-state index contributed by atoms with van der Waals surface area (Å²) >= 11 is 0. The van der Waals surface area contributed by atoms with Gasteiger partial charge in [-0.3, -0.25) is 4.79 Å². The Morgan fingerprint density at radius 2 is 2.19 bits per heavy atom. The Bertz CT molecular complexity index is 451. The first-order chi connectivity index (χ1) is 7.72. The third-order valence-corrected chi connectivity index (χ3v) is 2.98. The van der Waals surface area contributed by atoms with Crippen molar-refractivity contribution in [2.45, 2.75) is 18.9 Å². The van der Waals surface area contributed by atoms with Gasteiger partial charge in [0.1, 0.15) is 6.07 Å². The number of hydrogen-bond acceptors (Lipinski definition) is 3. The second kappa shape index (κ2) is 4.23. The molecular formula is C12H12N2O2. The molecule has 2 unspecified atom stereocenters. The largest absolute Gasteiger partial charge is 0.481 e. The standard InChI is InChI=1S/C12H12N2O2/c13-7-8-3-1-2-4-10(8)14-11-6-5-9(11)12(15)16/h1-4,9,11,14H,5-6H2,(H,15,16). The van der Waals surface area contributed by atoms with Crippen molar-refractivity contribution in [1.82, 2.24) is 0 Å². The molecule has 0 aliphatic heterocycles. The number of nitrogens with zero attached hydrogens (tertiary/aromatic N) is 1. The molecule has 0 heterocycles. The topological polar surface area (TPSA) is 73.1 Å². The number of anilines is 1. The molecule has 1 fully saturated rings. The predicted octanol–water partition coefficient (Wildman–Crippen LogP) is 1.83. The van der Waals surface area contributed by atoms with Crippen molar-refractivity contribution in [2.24, 2.45) is 5.92 Å². The van der Waals surface area contributed by atoms with Crippen molar-refractivity contribution in [3.8, 4) is 6.07 Å². The first-order valence-electron chi connectivity index (χ1n) is 5.21. The summed E-state index contributed by atoms with van der Waals surface area (Å²) in [5.41, 5.74) is 1.28. The second-order valence-electron chi connectivity index (χ2n) is 3.93. The number of rotatable bonds is 3. The van der Waals surface area contributed by atoms with E-state index in [4.69, 9.17) is 10.4 Å². The van der Waals surface area contributed by atoms with Gasteiger partial charge in [0, 0.05) is 6.04 Å². The average molecular weight is 216 g/mol. The van der Waals surface area contributed by atoms with Gasteiger partial charge in [0.05, 0.1) is 17.2 Å². The zero-order valence-corrected chi connectivity index (χ0v) is 8.68. The summed E-state index contributed by atoms with van der Waals surface area (Å²) in [5.74, 6) is -1.09. The van der Waals surface area contributed by atoms with Crippen LogP contribution in [0, 0.1) is 17.2 Å². The van der Waals surface area contributed by atoms with E-state index in [-0.39, 0.29) is 12.0 Å². The van der Waals surface area contributed by atoms with Crippen molar-refractivity contribution in [2.75, 3.05) is 5.32 Å². The van der Waals surface area contributed by atoms with Gasteiger partial charge >= 0.3 is 5.97 Å². The maximum atomic E-state index is 10.8. The fourth-order valence-electron chi connectivity index (χ4n) is 1.87. The van der Waals surface area contributed by atoms with Gasteiger partial charge in [-0.15, -0.1) is 0 Å². The highest BCUT2D eigenvalue weighted by Crippen LogP contribution is 2.31. The lowest BCUT2D eigenvalue weighted by molar-refractivity contribution is -0.144. The van der Waals surface area contributed by atoms with E-state index >= 15 is 0 Å². The molecule has 1 aliphatic rings. The van der Waals surface area contributed by atoms with Crippen LogP contribution in [-0.4, -0.2) is 17.1 Å². The smallest absolute Gasteiger partial charge is 0.308 e. The Kier molecular flexibility index (Phi) is 2.78. The Morgan fingerprint density at radius 3 is 2.75 bits per heavy atom. The van der Waals surface area contributed by atoms with Crippen molar-refractivity contribution < 1.29 is 9.90 Å². The van der Waals surface area contributed by atoms with Crippen molar-refractivity contribution in [3.05, 3.63) is 29.8 Å². The van der Waals surface area contributed by atoms with E-state index in [0.717, 1.165) is 12.1 Å². The van der Waals surface area contributed by atoms with E-state index in [9.17, 15) is 4.79 Å². The van der Waals surface area contributed by atoms with E-state index in [1.54, 1.807) is 18.2 Å². The highest BCUT2D eigenvalue weighted by atomic mass is 16.4. The number of para-hydroxylation sites is 1. The van der Waals surface area contributed by atoms with Gasteiger partial charge in [-0.05, 0) is 25.0 Å². The summed E-state index contributed by atoms with van der Waals surface area (Å²) in [7, 11) is 0. The maximum absolute atomic E-state index is 10.8. The van der Waals surface area contributed by atoms with Crippen LogP contribution in [0.2, 0.25) is 0 Å². The molecule has 1 aromatic carbocycles. The van der Waals surface area contributed by atoms with Crippen LogP contribution in [0.25, 0.3) is 0 Å². The lowest BCUT2D eigenvalue weighted by atomic mass is 9.79. The van der Waals surface area contributed by atoms with Crippen molar-refractivity contribution in [3.63, 3.8) is 0 Å². The molecule has 0 amide bonds. The average Bonchev–Trinajstić information content (AvgIpc) is 2.24. The minimum absolute atomic E-state index is 0.0491. The third kappa shape index (κ3) is 1.84. The lowest BCUT2D eigenvalue weighted by Gasteiger charge is -2.34. The molecule has 1 saturated carbocycles. The molecule has 0 radical (unpaired) electrons. The molecule has 4 nitrogen and oxygen atoms in total. The maximum Gasteiger partial charge on any atom is 0.308 e. The minimum Gasteiger partial charge on any atom is -0.481 e. The van der Waals surface area contributed by atoms with Crippen molar-refractivity contribution >= 4 is 11.7 Å². The number of hydrogen-bond donors (Lipinski definition) is 2. The summed E-state index contributed by atoms with van der Waals surface area (Å²) in [6, 6.07) is 9.18. The first kappa shape index (κ1) is 10.5. The number of nitriles is 1. The van der Waals surface area contributed by atoms with Crippen LogP contribution in [0.15, 0.2) is 24.3 Å². The molecular weight excluding hydrogens is 204 g/mol. The van der Waals surface area contributed by atoms with Crippen molar-refractivity contribution in [1.29, 1.82) is 5.26 Å². The molecule has 16 heavy (non-hydrogen) atoms. The van der Waals surface area contributed by atoms with E-state index in [1.165, 1.54) is 0 Å². The quantitative estimate of drug-likeness (QED) is 0.808. The lowest BCUT2D eigenvalue weighted by Crippen LogP contribution is -2.43. The molecule has 0 bridgehead atoms. The monoisotopic (exact) mass is 216 g/mol. The van der Waals surface area contributed by atoms with Gasteiger partial charge in [0.25, 0.3) is 0 Å². The van der Waals surface area contributed by atoms with Crippen LogP contribution in [0.1, 0.15) is 18.4 Å². The van der Waals surface area contributed by atoms with Crippen LogP contribution in [0.4, 0.5) is 5.69 Å². The van der Waals surface area contributed by atoms with Crippen LogP contribution < -0.4 is 5.32 Å². The molecule has 2 atom stereocenters.